The van der Waals surface area contributed by atoms with Gasteiger partial charge in [0.15, 0.2) is 0 Å². The minimum atomic E-state index is -0.0267. The first-order valence-corrected chi connectivity index (χ1v) is 19.5. The maximum Gasteiger partial charge on any atom is 0.253 e. The molecule has 2 aromatic heterocycles. The van der Waals surface area contributed by atoms with E-state index in [1.807, 2.05) is 0 Å². The van der Waals surface area contributed by atoms with E-state index in [0.29, 0.717) is 0 Å². The molecule has 7 aromatic carbocycles. The number of hydrogen-bond donors (Lipinski definition) is 0. The van der Waals surface area contributed by atoms with Crippen molar-refractivity contribution in [1.29, 1.82) is 0 Å². The van der Waals surface area contributed by atoms with Crippen molar-refractivity contribution in [3.8, 4) is 33.6 Å². The third kappa shape index (κ3) is 4.18. The zero-order valence-electron chi connectivity index (χ0n) is 32.2. The Labute approximate surface area is 317 Å². The van der Waals surface area contributed by atoms with Crippen molar-refractivity contribution >= 4 is 66.6 Å². The fourth-order valence-corrected chi connectivity index (χ4v) is 9.92. The first-order valence-electron chi connectivity index (χ1n) is 19.5. The smallest absolute Gasteiger partial charge is 0.253 e. The van der Waals surface area contributed by atoms with Gasteiger partial charge in [0, 0.05) is 49.8 Å². The third-order valence-electron chi connectivity index (χ3n) is 12.5. The van der Waals surface area contributed by atoms with Gasteiger partial charge in [-0.1, -0.05) is 139 Å². The average Bonchev–Trinajstić information content (AvgIpc) is 3.66. The summed E-state index contributed by atoms with van der Waals surface area (Å²) < 4.78 is 5.26. The summed E-state index contributed by atoms with van der Waals surface area (Å²) in [4.78, 5) is 0. The minimum Gasteiger partial charge on any atom is -0.314 e. The Kier molecular flexibility index (Phi) is 6.26. The zero-order chi connectivity index (χ0) is 36.8. The van der Waals surface area contributed by atoms with Crippen LogP contribution in [0.25, 0.3) is 77.1 Å². The summed E-state index contributed by atoms with van der Waals surface area (Å²) in [6, 6.07) is 50.9. The number of aromatic nitrogens is 2. The fraction of sp³-hybridized carbons (Fsp3) is 0.176. The molecule has 3 heteroatoms. The van der Waals surface area contributed by atoms with Gasteiger partial charge in [-0.05, 0) is 109 Å². The van der Waals surface area contributed by atoms with E-state index in [-0.39, 0.29) is 17.5 Å². The highest BCUT2D eigenvalue weighted by Gasteiger charge is 2.43. The molecule has 0 unspecified atom stereocenters. The van der Waals surface area contributed by atoms with E-state index >= 15 is 0 Å². The second kappa shape index (κ2) is 10.7. The van der Waals surface area contributed by atoms with Gasteiger partial charge in [0.05, 0.1) is 5.52 Å². The van der Waals surface area contributed by atoms with Crippen molar-refractivity contribution in [3.63, 3.8) is 0 Å². The first kappa shape index (κ1) is 31.7. The molecular formula is C51H43BN2. The fourth-order valence-electron chi connectivity index (χ4n) is 9.92. The Hall–Kier alpha value is -5.80. The number of fused-ring (bicyclic) bond motifs is 9. The molecule has 9 aromatic rings. The topological polar surface area (TPSA) is 9.86 Å². The van der Waals surface area contributed by atoms with E-state index in [2.05, 4.69) is 191 Å². The lowest BCUT2D eigenvalue weighted by molar-refractivity contribution is 0.590. The molecule has 0 saturated heterocycles. The maximum absolute atomic E-state index is 2.63. The van der Waals surface area contributed by atoms with Crippen LogP contribution in [0.3, 0.4) is 0 Å². The molecule has 4 heterocycles. The summed E-state index contributed by atoms with van der Waals surface area (Å²) >= 11 is 0. The summed E-state index contributed by atoms with van der Waals surface area (Å²) in [5.74, 6) is 0. The molecule has 2 aliphatic rings. The Balaban J connectivity index is 1.40. The second-order valence-corrected chi connectivity index (χ2v) is 17.8. The van der Waals surface area contributed by atoms with Crippen molar-refractivity contribution in [3.05, 3.63) is 150 Å². The predicted octanol–water partition coefficient (Wildman–Crippen LogP) is 11.3. The van der Waals surface area contributed by atoms with Gasteiger partial charge < -0.3 is 9.13 Å². The van der Waals surface area contributed by atoms with E-state index < -0.39 is 0 Å². The van der Waals surface area contributed by atoms with Gasteiger partial charge in [0.25, 0.3) is 6.71 Å². The monoisotopic (exact) mass is 694 g/mol. The molecule has 54 heavy (non-hydrogen) atoms. The van der Waals surface area contributed by atoms with Crippen molar-refractivity contribution in [1.82, 2.24) is 9.13 Å². The molecule has 2 nitrogen and oxygen atoms in total. The van der Waals surface area contributed by atoms with Crippen LogP contribution in [0.1, 0.15) is 58.4 Å². The summed E-state index contributed by atoms with van der Waals surface area (Å²) in [5.41, 5.74) is 19.9. The number of hydrogen-bond acceptors (Lipinski definition) is 0. The molecule has 0 bridgehead atoms. The SMILES string of the molecule is Cc1c(-c2ccccc2)c2cc3ccccc3c3c2n1-c1cc(-c2ccccc2)cc2c1B3c1cc(C(C)(C)C)cc3c4cc(C(C)(C)C)ccc4n-2c13. The largest absolute Gasteiger partial charge is 0.314 e. The van der Waals surface area contributed by atoms with Crippen LogP contribution >= 0.6 is 0 Å². The van der Waals surface area contributed by atoms with Crippen LogP contribution < -0.4 is 16.4 Å². The van der Waals surface area contributed by atoms with Crippen molar-refractivity contribution < 1.29 is 0 Å². The van der Waals surface area contributed by atoms with Crippen LogP contribution in [-0.4, -0.2) is 15.8 Å². The lowest BCUT2D eigenvalue weighted by atomic mass is 9.33. The summed E-state index contributed by atoms with van der Waals surface area (Å²) in [6.07, 6.45) is 0. The van der Waals surface area contributed by atoms with E-state index in [4.69, 9.17) is 0 Å². The predicted molar refractivity (Wildman–Crippen MR) is 233 cm³/mol. The van der Waals surface area contributed by atoms with Gasteiger partial charge in [-0.25, -0.2) is 0 Å². The number of rotatable bonds is 2. The van der Waals surface area contributed by atoms with E-state index in [9.17, 15) is 0 Å². The first-order chi connectivity index (χ1) is 26.0. The molecule has 2 aliphatic heterocycles. The lowest BCUT2D eigenvalue weighted by Gasteiger charge is -2.36. The van der Waals surface area contributed by atoms with Crippen LogP contribution in [0.5, 0.6) is 0 Å². The molecule has 0 atom stereocenters. The molecular weight excluding hydrogens is 651 g/mol. The normalized spacial score (nSPS) is 13.4. The molecule has 0 saturated carbocycles. The molecule has 0 amide bonds. The van der Waals surface area contributed by atoms with Crippen LogP contribution in [0.2, 0.25) is 0 Å². The molecule has 0 spiro atoms. The van der Waals surface area contributed by atoms with Gasteiger partial charge >= 0.3 is 0 Å². The van der Waals surface area contributed by atoms with E-state index in [1.165, 1.54) is 110 Å². The van der Waals surface area contributed by atoms with Crippen molar-refractivity contribution in [2.24, 2.45) is 0 Å². The molecule has 0 radical (unpaired) electrons. The van der Waals surface area contributed by atoms with Gasteiger partial charge in [-0.15, -0.1) is 0 Å². The van der Waals surface area contributed by atoms with Gasteiger partial charge in [0.1, 0.15) is 0 Å². The Morgan fingerprint density at radius 2 is 1.09 bits per heavy atom. The molecule has 11 rings (SSSR count). The van der Waals surface area contributed by atoms with Crippen LogP contribution in [-0.2, 0) is 10.8 Å². The summed E-state index contributed by atoms with van der Waals surface area (Å²) in [6.45, 7) is 16.5. The highest BCUT2D eigenvalue weighted by atomic mass is 15.0. The molecule has 0 aliphatic carbocycles. The standard InChI is InChI=1S/C51H43BN2/c1-30-45(32-18-12-9-13-19-32)40-24-33-20-14-15-21-37(33)46-49(40)53(30)43-25-34(31-16-10-8-11-17-31)26-44-47(43)52(46)41-29-36(51(5,6)7)28-39-38-27-35(50(2,3)4)22-23-42(38)54(44)48(39)41/h8-29H,1-7H3. The Morgan fingerprint density at radius 1 is 0.463 bits per heavy atom. The molecule has 260 valence electrons. The minimum absolute atomic E-state index is 0.0267. The van der Waals surface area contributed by atoms with Crippen LogP contribution in [0.4, 0.5) is 0 Å². The Morgan fingerprint density at radius 3 is 1.80 bits per heavy atom. The van der Waals surface area contributed by atoms with Gasteiger partial charge in [0.2, 0.25) is 0 Å². The van der Waals surface area contributed by atoms with Crippen molar-refractivity contribution in [2.45, 2.75) is 59.3 Å². The average molecular weight is 695 g/mol. The highest BCUT2D eigenvalue weighted by molar-refractivity contribution is 7.01. The number of benzene rings is 7. The second-order valence-electron chi connectivity index (χ2n) is 17.8. The van der Waals surface area contributed by atoms with Crippen LogP contribution in [0.15, 0.2) is 133 Å². The Bertz CT molecular complexity index is 3050. The van der Waals surface area contributed by atoms with Gasteiger partial charge in [-0.3, -0.25) is 0 Å². The highest BCUT2D eigenvalue weighted by Crippen LogP contribution is 2.44. The maximum atomic E-state index is 2.63. The van der Waals surface area contributed by atoms with Crippen LogP contribution in [0, 0.1) is 6.92 Å². The number of nitrogens with zero attached hydrogens (tertiary/aromatic N) is 2. The quantitative estimate of drug-likeness (QED) is 0.159. The zero-order valence-corrected chi connectivity index (χ0v) is 32.2. The van der Waals surface area contributed by atoms with E-state index in [0.717, 1.165) is 0 Å². The van der Waals surface area contributed by atoms with Crippen molar-refractivity contribution in [2.75, 3.05) is 0 Å². The summed E-state index contributed by atoms with van der Waals surface area (Å²) in [5, 5.41) is 6.66. The molecule has 0 N–H and O–H groups in total. The lowest BCUT2D eigenvalue weighted by Crippen LogP contribution is -2.60. The van der Waals surface area contributed by atoms with Gasteiger partial charge in [-0.2, -0.15) is 0 Å². The summed E-state index contributed by atoms with van der Waals surface area (Å²) in [7, 11) is 0. The van der Waals surface area contributed by atoms with E-state index in [1.54, 1.807) is 0 Å². The third-order valence-corrected chi connectivity index (χ3v) is 12.5. The molecule has 0 fully saturated rings.